The second kappa shape index (κ2) is 7.96. The molecule has 140 valence electrons. The number of benzene rings is 3. The predicted molar refractivity (Wildman–Crippen MR) is 111 cm³/mol. The normalized spacial score (nSPS) is 10.9. The molecule has 0 aliphatic carbocycles. The average Bonchev–Trinajstić information content (AvgIpc) is 3.09. The lowest BCUT2D eigenvalue weighted by Gasteiger charge is -2.08. The fourth-order valence-electron chi connectivity index (χ4n) is 2.75. The van der Waals surface area contributed by atoms with Crippen LogP contribution in [-0.4, -0.2) is 26.8 Å². The van der Waals surface area contributed by atoms with Crippen molar-refractivity contribution in [3.05, 3.63) is 71.8 Å². The third kappa shape index (κ3) is 4.13. The number of carboxylic acids is 1. The number of rotatable bonds is 6. The molecule has 0 amide bonds. The van der Waals surface area contributed by atoms with Crippen molar-refractivity contribution in [1.82, 2.24) is 9.97 Å². The van der Waals surface area contributed by atoms with Crippen molar-refractivity contribution in [3.8, 4) is 22.6 Å². The van der Waals surface area contributed by atoms with Crippen LogP contribution < -0.4 is 4.74 Å². The number of carbonyl (C=O) groups is 1. The van der Waals surface area contributed by atoms with E-state index in [1.165, 1.54) is 0 Å². The van der Waals surface area contributed by atoms with Crippen molar-refractivity contribution < 1.29 is 14.6 Å². The van der Waals surface area contributed by atoms with E-state index in [9.17, 15) is 4.79 Å². The zero-order chi connectivity index (χ0) is 19.5. The number of H-pyrrole nitrogens is 1. The Morgan fingerprint density at radius 1 is 1.07 bits per heavy atom. The number of carboxylic acid groups (broad SMARTS) is 1. The number of imidazole rings is 1. The topological polar surface area (TPSA) is 75.2 Å². The van der Waals surface area contributed by atoms with E-state index >= 15 is 0 Å². The molecule has 0 radical (unpaired) electrons. The highest BCUT2D eigenvalue weighted by atomic mass is 35.5. The Kier molecular flexibility index (Phi) is 5.23. The Labute approximate surface area is 170 Å². The minimum absolute atomic E-state index is 0.0523. The minimum Gasteiger partial charge on any atom is -0.481 e. The van der Waals surface area contributed by atoms with Gasteiger partial charge in [-0.3, -0.25) is 4.79 Å². The Bertz CT molecular complexity index is 1130. The maximum Gasteiger partial charge on any atom is 0.313 e. The van der Waals surface area contributed by atoms with E-state index in [-0.39, 0.29) is 5.75 Å². The number of nitrogens with one attached hydrogen (secondary N) is 1. The van der Waals surface area contributed by atoms with Crippen LogP contribution in [0.15, 0.2) is 71.9 Å². The highest BCUT2D eigenvalue weighted by molar-refractivity contribution is 7.99. The van der Waals surface area contributed by atoms with Crippen LogP contribution in [0.3, 0.4) is 0 Å². The zero-order valence-corrected chi connectivity index (χ0v) is 16.1. The lowest BCUT2D eigenvalue weighted by molar-refractivity contribution is -0.133. The molecular weight excluding hydrogens is 396 g/mol. The summed E-state index contributed by atoms with van der Waals surface area (Å²) in [6.07, 6.45) is 0. The van der Waals surface area contributed by atoms with Gasteiger partial charge in [-0.2, -0.15) is 0 Å². The molecular formula is C21H15ClN2O3S. The molecule has 0 spiro atoms. The number of hydrogen-bond acceptors (Lipinski definition) is 4. The fourth-order valence-corrected chi connectivity index (χ4v) is 3.63. The van der Waals surface area contributed by atoms with Gasteiger partial charge >= 0.3 is 5.97 Å². The Balaban J connectivity index is 1.59. The number of fused-ring (bicyclic) bond motifs is 1. The van der Waals surface area contributed by atoms with Crippen molar-refractivity contribution >= 4 is 40.4 Å². The zero-order valence-electron chi connectivity index (χ0n) is 14.6. The van der Waals surface area contributed by atoms with E-state index in [1.807, 2.05) is 60.7 Å². The van der Waals surface area contributed by atoms with Crippen molar-refractivity contribution in [2.24, 2.45) is 0 Å². The van der Waals surface area contributed by atoms with E-state index in [2.05, 4.69) is 9.97 Å². The number of para-hydroxylation sites is 1. The largest absolute Gasteiger partial charge is 0.481 e. The van der Waals surface area contributed by atoms with Crippen molar-refractivity contribution in [2.45, 2.75) is 5.16 Å². The number of nitrogens with zero attached hydrogens (tertiary/aromatic N) is 1. The quantitative estimate of drug-likeness (QED) is 0.390. The molecule has 5 nitrogen and oxygen atoms in total. The summed E-state index contributed by atoms with van der Waals surface area (Å²) in [5, 5.41) is 9.95. The number of halogens is 1. The van der Waals surface area contributed by atoms with Crippen LogP contribution in [0.4, 0.5) is 0 Å². The van der Waals surface area contributed by atoms with Gasteiger partial charge in [-0.15, -0.1) is 0 Å². The second-order valence-electron chi connectivity index (χ2n) is 6.01. The molecule has 0 aliphatic heterocycles. The predicted octanol–water partition coefficient (Wildman–Crippen LogP) is 5.85. The number of aromatic nitrogens is 2. The standard InChI is InChI=1S/C21H15ClN2O3S/c22-17-11-19-18(23-21(24-19)28-12-20(25)26)10-16(17)13-6-8-15(9-7-13)27-14-4-2-1-3-5-14/h1-11H,12H2,(H,23,24)(H,25,26). The summed E-state index contributed by atoms with van der Waals surface area (Å²) in [6.45, 7) is 0. The third-order valence-corrected chi connectivity index (χ3v) is 5.20. The molecule has 0 saturated carbocycles. The molecule has 0 aliphatic rings. The average molecular weight is 411 g/mol. The van der Waals surface area contributed by atoms with Gasteiger partial charge in [-0.05, 0) is 42.0 Å². The van der Waals surface area contributed by atoms with Crippen LogP contribution in [0.1, 0.15) is 0 Å². The Morgan fingerprint density at radius 3 is 2.50 bits per heavy atom. The van der Waals surface area contributed by atoms with Gasteiger partial charge in [0.1, 0.15) is 11.5 Å². The summed E-state index contributed by atoms with van der Waals surface area (Å²) in [5.74, 6) is 0.572. The second-order valence-corrected chi connectivity index (χ2v) is 7.38. The van der Waals surface area contributed by atoms with E-state index in [0.717, 1.165) is 45.4 Å². The molecule has 0 saturated heterocycles. The summed E-state index contributed by atoms with van der Waals surface area (Å²) in [4.78, 5) is 18.3. The molecule has 0 fully saturated rings. The summed E-state index contributed by atoms with van der Waals surface area (Å²) < 4.78 is 5.82. The van der Waals surface area contributed by atoms with Gasteiger partial charge in [0.05, 0.1) is 21.8 Å². The molecule has 4 aromatic rings. The van der Waals surface area contributed by atoms with Crippen molar-refractivity contribution in [3.63, 3.8) is 0 Å². The van der Waals surface area contributed by atoms with Crippen LogP contribution in [-0.2, 0) is 4.79 Å². The minimum atomic E-state index is -0.887. The van der Waals surface area contributed by atoms with Crippen LogP contribution in [0.2, 0.25) is 5.02 Å². The van der Waals surface area contributed by atoms with Crippen molar-refractivity contribution in [2.75, 3.05) is 5.75 Å². The molecule has 2 N–H and O–H groups in total. The molecule has 4 rings (SSSR count). The molecule has 0 bridgehead atoms. The molecule has 1 aromatic heterocycles. The molecule has 3 aromatic carbocycles. The first-order valence-corrected chi connectivity index (χ1v) is 9.82. The summed E-state index contributed by atoms with van der Waals surface area (Å²) >= 11 is 7.60. The van der Waals surface area contributed by atoms with Crippen LogP contribution >= 0.6 is 23.4 Å². The van der Waals surface area contributed by atoms with Gasteiger partial charge in [0.2, 0.25) is 0 Å². The first-order chi connectivity index (χ1) is 13.6. The number of aromatic amines is 1. The SMILES string of the molecule is O=C(O)CSc1nc2cc(-c3ccc(Oc4ccccc4)cc3)c(Cl)cc2[nH]1. The fraction of sp³-hybridized carbons (Fsp3) is 0.0476. The first-order valence-electron chi connectivity index (χ1n) is 8.46. The van der Waals surface area contributed by atoms with E-state index in [1.54, 1.807) is 6.07 Å². The highest BCUT2D eigenvalue weighted by Gasteiger charge is 2.11. The van der Waals surface area contributed by atoms with Crippen LogP contribution in [0.25, 0.3) is 22.2 Å². The monoisotopic (exact) mass is 410 g/mol. The van der Waals surface area contributed by atoms with Crippen molar-refractivity contribution in [1.29, 1.82) is 0 Å². The van der Waals surface area contributed by atoms with Gasteiger partial charge in [0.25, 0.3) is 0 Å². The number of thioether (sulfide) groups is 1. The Hall–Kier alpha value is -2.96. The van der Waals surface area contributed by atoms with Gasteiger partial charge in [-0.25, -0.2) is 4.98 Å². The van der Waals surface area contributed by atoms with Crippen LogP contribution in [0, 0.1) is 0 Å². The molecule has 0 unspecified atom stereocenters. The third-order valence-electron chi connectivity index (χ3n) is 4.03. The van der Waals surface area contributed by atoms with E-state index < -0.39 is 5.97 Å². The summed E-state index contributed by atoms with van der Waals surface area (Å²) in [6, 6.07) is 20.9. The van der Waals surface area contributed by atoms with E-state index in [0.29, 0.717) is 10.2 Å². The van der Waals surface area contributed by atoms with Crippen LogP contribution in [0.5, 0.6) is 11.5 Å². The molecule has 7 heteroatoms. The molecule has 28 heavy (non-hydrogen) atoms. The van der Waals surface area contributed by atoms with Gasteiger partial charge in [0.15, 0.2) is 5.16 Å². The molecule has 1 heterocycles. The lowest BCUT2D eigenvalue weighted by atomic mass is 10.0. The van der Waals surface area contributed by atoms with Gasteiger partial charge < -0.3 is 14.8 Å². The molecule has 0 atom stereocenters. The van der Waals surface area contributed by atoms with Gasteiger partial charge in [0, 0.05) is 5.56 Å². The lowest BCUT2D eigenvalue weighted by Crippen LogP contribution is -1.97. The maximum absolute atomic E-state index is 10.7. The van der Waals surface area contributed by atoms with E-state index in [4.69, 9.17) is 21.4 Å². The number of aliphatic carboxylic acids is 1. The summed E-state index contributed by atoms with van der Waals surface area (Å²) in [5.41, 5.74) is 3.29. The maximum atomic E-state index is 10.7. The number of hydrogen-bond donors (Lipinski definition) is 2. The first kappa shape index (κ1) is 18.4. The highest BCUT2D eigenvalue weighted by Crippen LogP contribution is 2.34. The number of ether oxygens (including phenoxy) is 1. The van der Waals surface area contributed by atoms with Gasteiger partial charge in [-0.1, -0.05) is 53.7 Å². The summed E-state index contributed by atoms with van der Waals surface area (Å²) in [7, 11) is 0. The Morgan fingerprint density at radius 2 is 1.79 bits per heavy atom. The smallest absolute Gasteiger partial charge is 0.313 e.